The molecule has 0 saturated carbocycles. The lowest BCUT2D eigenvalue weighted by atomic mass is 10.2. The molecular formula is C13H16ClFN2O3. The van der Waals surface area contributed by atoms with E-state index in [4.69, 9.17) is 16.7 Å². The Bertz CT molecular complexity index is 483. The summed E-state index contributed by atoms with van der Waals surface area (Å²) in [5.74, 6) is -1.31. The monoisotopic (exact) mass is 302 g/mol. The highest BCUT2D eigenvalue weighted by atomic mass is 35.5. The quantitative estimate of drug-likeness (QED) is 0.677. The first kappa shape index (κ1) is 16.2. The summed E-state index contributed by atoms with van der Waals surface area (Å²) in [5.41, 5.74) is 0.204. The second kappa shape index (κ2) is 8.37. The van der Waals surface area contributed by atoms with E-state index in [1.807, 2.05) is 0 Å². The molecule has 0 aliphatic rings. The minimum Gasteiger partial charge on any atom is -0.481 e. The van der Waals surface area contributed by atoms with Crippen LogP contribution in [0.4, 0.5) is 14.9 Å². The van der Waals surface area contributed by atoms with Crippen LogP contribution in [0, 0.1) is 5.82 Å². The maximum atomic E-state index is 13.0. The number of nitrogens with one attached hydrogen (secondary N) is 2. The molecule has 5 nitrogen and oxygen atoms in total. The number of urea groups is 1. The molecule has 0 fully saturated rings. The minimum absolute atomic E-state index is 0.130. The third-order valence-electron chi connectivity index (χ3n) is 2.53. The topological polar surface area (TPSA) is 78.4 Å². The number of carbonyl (C=O) groups excluding carboxylic acids is 1. The number of carboxylic acid groups (broad SMARTS) is 1. The fourth-order valence-electron chi connectivity index (χ4n) is 1.54. The molecule has 0 unspecified atom stereocenters. The summed E-state index contributed by atoms with van der Waals surface area (Å²) >= 11 is 5.81. The number of hydrogen-bond acceptors (Lipinski definition) is 2. The van der Waals surface area contributed by atoms with Crippen molar-refractivity contribution in [3.63, 3.8) is 0 Å². The van der Waals surface area contributed by atoms with E-state index in [0.29, 0.717) is 25.8 Å². The highest BCUT2D eigenvalue weighted by molar-refractivity contribution is 6.33. The van der Waals surface area contributed by atoms with Gasteiger partial charge in [-0.2, -0.15) is 0 Å². The third-order valence-corrected chi connectivity index (χ3v) is 2.86. The van der Waals surface area contributed by atoms with Crippen molar-refractivity contribution in [3.05, 3.63) is 29.0 Å². The Morgan fingerprint density at radius 3 is 2.70 bits per heavy atom. The van der Waals surface area contributed by atoms with Gasteiger partial charge in [0.1, 0.15) is 5.82 Å². The van der Waals surface area contributed by atoms with Crippen molar-refractivity contribution in [1.82, 2.24) is 5.32 Å². The first-order chi connectivity index (χ1) is 9.49. The first-order valence-corrected chi connectivity index (χ1v) is 6.58. The van der Waals surface area contributed by atoms with Gasteiger partial charge in [-0.1, -0.05) is 18.0 Å². The lowest BCUT2D eigenvalue weighted by molar-refractivity contribution is -0.137. The maximum absolute atomic E-state index is 13.0. The molecule has 7 heteroatoms. The van der Waals surface area contributed by atoms with E-state index in [2.05, 4.69) is 10.6 Å². The molecule has 0 heterocycles. The van der Waals surface area contributed by atoms with Gasteiger partial charge >= 0.3 is 12.0 Å². The summed E-state index contributed by atoms with van der Waals surface area (Å²) in [5, 5.41) is 13.7. The zero-order valence-corrected chi connectivity index (χ0v) is 11.5. The van der Waals surface area contributed by atoms with Crippen molar-refractivity contribution >= 4 is 29.3 Å². The van der Waals surface area contributed by atoms with Crippen molar-refractivity contribution in [2.45, 2.75) is 25.7 Å². The van der Waals surface area contributed by atoms with Crippen LogP contribution in [-0.2, 0) is 4.79 Å². The molecule has 1 aromatic carbocycles. The van der Waals surface area contributed by atoms with Crippen LogP contribution >= 0.6 is 11.6 Å². The molecule has 0 aromatic heterocycles. The predicted octanol–water partition coefficient (Wildman–Crippen LogP) is 3.25. The van der Waals surface area contributed by atoms with Gasteiger partial charge in [-0.15, -0.1) is 0 Å². The van der Waals surface area contributed by atoms with E-state index >= 15 is 0 Å². The fourth-order valence-corrected chi connectivity index (χ4v) is 1.70. The standard InChI is InChI=1S/C13H16ClFN2O3/c14-10-6-5-9(15)8-11(10)17-13(20)16-7-3-1-2-4-12(18)19/h5-6,8H,1-4,7H2,(H,18,19)(H2,16,17,20). The molecule has 1 rings (SSSR count). The minimum atomic E-state index is -0.823. The molecule has 0 aliphatic heterocycles. The van der Waals surface area contributed by atoms with Crippen LogP contribution in [0.2, 0.25) is 5.02 Å². The largest absolute Gasteiger partial charge is 0.481 e. The summed E-state index contributed by atoms with van der Waals surface area (Å²) in [6, 6.07) is 3.22. The Hall–Kier alpha value is -1.82. The number of hydrogen-bond donors (Lipinski definition) is 3. The fraction of sp³-hybridized carbons (Fsp3) is 0.385. The Balaban J connectivity index is 2.23. The molecule has 0 spiro atoms. The number of aliphatic carboxylic acids is 1. The molecule has 0 saturated heterocycles. The lowest BCUT2D eigenvalue weighted by Crippen LogP contribution is -2.29. The van der Waals surface area contributed by atoms with Crippen molar-refractivity contribution in [2.24, 2.45) is 0 Å². The van der Waals surface area contributed by atoms with E-state index in [9.17, 15) is 14.0 Å². The van der Waals surface area contributed by atoms with Gasteiger partial charge in [-0.05, 0) is 31.0 Å². The number of benzene rings is 1. The van der Waals surface area contributed by atoms with Gasteiger partial charge in [-0.25, -0.2) is 9.18 Å². The Morgan fingerprint density at radius 1 is 1.25 bits per heavy atom. The predicted molar refractivity (Wildman–Crippen MR) is 74.5 cm³/mol. The van der Waals surface area contributed by atoms with Crippen LogP contribution in [-0.4, -0.2) is 23.7 Å². The smallest absolute Gasteiger partial charge is 0.319 e. The molecule has 0 radical (unpaired) electrons. The average Bonchev–Trinajstić information content (AvgIpc) is 2.37. The van der Waals surface area contributed by atoms with Gasteiger partial charge < -0.3 is 15.7 Å². The number of unbranched alkanes of at least 4 members (excludes halogenated alkanes) is 2. The Kier molecular flexibility index (Phi) is 6.79. The van der Waals surface area contributed by atoms with E-state index < -0.39 is 17.8 Å². The molecule has 110 valence electrons. The Labute approximate surface area is 121 Å². The summed E-state index contributed by atoms with van der Waals surface area (Å²) in [6.45, 7) is 0.415. The average molecular weight is 303 g/mol. The van der Waals surface area contributed by atoms with Crippen LogP contribution in [0.15, 0.2) is 18.2 Å². The molecule has 20 heavy (non-hydrogen) atoms. The molecule has 2 amide bonds. The molecule has 1 aromatic rings. The van der Waals surface area contributed by atoms with Crippen molar-refractivity contribution in [2.75, 3.05) is 11.9 Å². The molecule has 0 aliphatic carbocycles. The van der Waals surface area contributed by atoms with Crippen molar-refractivity contribution < 1.29 is 19.1 Å². The number of halogens is 2. The van der Waals surface area contributed by atoms with Gasteiger partial charge in [0.25, 0.3) is 0 Å². The molecule has 0 atom stereocenters. The normalized spacial score (nSPS) is 10.1. The summed E-state index contributed by atoms with van der Waals surface area (Å²) < 4.78 is 13.0. The lowest BCUT2D eigenvalue weighted by Gasteiger charge is -2.09. The number of anilines is 1. The zero-order valence-electron chi connectivity index (χ0n) is 10.8. The van der Waals surface area contributed by atoms with E-state index in [1.54, 1.807) is 0 Å². The second-order valence-electron chi connectivity index (χ2n) is 4.21. The molecular weight excluding hydrogens is 287 g/mol. The zero-order chi connectivity index (χ0) is 15.0. The van der Waals surface area contributed by atoms with Crippen LogP contribution in [0.25, 0.3) is 0 Å². The van der Waals surface area contributed by atoms with Crippen molar-refractivity contribution in [1.29, 1.82) is 0 Å². The SMILES string of the molecule is O=C(O)CCCCCNC(=O)Nc1cc(F)ccc1Cl. The number of rotatable bonds is 7. The van der Waals surface area contributed by atoms with E-state index in [1.165, 1.54) is 12.1 Å². The second-order valence-corrected chi connectivity index (χ2v) is 4.62. The van der Waals surface area contributed by atoms with Crippen LogP contribution in [0.5, 0.6) is 0 Å². The van der Waals surface area contributed by atoms with E-state index in [-0.39, 0.29) is 17.1 Å². The number of amides is 2. The van der Waals surface area contributed by atoms with Crippen molar-refractivity contribution in [3.8, 4) is 0 Å². The molecule has 0 bridgehead atoms. The van der Waals surface area contributed by atoms with Gasteiger partial charge in [-0.3, -0.25) is 4.79 Å². The van der Waals surface area contributed by atoms with Gasteiger partial charge in [0.2, 0.25) is 0 Å². The number of carbonyl (C=O) groups is 2. The highest BCUT2D eigenvalue weighted by Gasteiger charge is 2.06. The maximum Gasteiger partial charge on any atom is 0.319 e. The summed E-state index contributed by atoms with van der Waals surface area (Å²) in [6.07, 6.45) is 2.10. The van der Waals surface area contributed by atoms with Crippen LogP contribution in [0.3, 0.4) is 0 Å². The van der Waals surface area contributed by atoms with Gasteiger partial charge in [0.05, 0.1) is 10.7 Å². The highest BCUT2D eigenvalue weighted by Crippen LogP contribution is 2.22. The number of carboxylic acids is 1. The van der Waals surface area contributed by atoms with E-state index in [0.717, 1.165) is 6.07 Å². The van der Waals surface area contributed by atoms with Crippen LogP contribution < -0.4 is 10.6 Å². The molecule has 3 N–H and O–H groups in total. The summed E-state index contributed by atoms with van der Waals surface area (Å²) in [7, 11) is 0. The summed E-state index contributed by atoms with van der Waals surface area (Å²) in [4.78, 5) is 21.8. The van der Waals surface area contributed by atoms with Gasteiger partial charge in [0, 0.05) is 13.0 Å². The first-order valence-electron chi connectivity index (χ1n) is 6.20. The van der Waals surface area contributed by atoms with Crippen LogP contribution in [0.1, 0.15) is 25.7 Å². The Morgan fingerprint density at radius 2 is 2.00 bits per heavy atom. The third kappa shape index (κ3) is 6.38. The van der Waals surface area contributed by atoms with Gasteiger partial charge in [0.15, 0.2) is 0 Å².